The number of rotatable bonds is 7. The first-order chi connectivity index (χ1) is 15.9. The van der Waals surface area contributed by atoms with E-state index < -0.39 is 0 Å². The summed E-state index contributed by atoms with van der Waals surface area (Å²) in [5, 5.41) is 8.38. The zero-order valence-electron chi connectivity index (χ0n) is 19.5. The number of aryl methyl sites for hydroxylation is 2. The molecule has 1 N–H and O–H groups in total. The highest BCUT2D eigenvalue weighted by Gasteiger charge is 2.34. The van der Waals surface area contributed by atoms with Crippen molar-refractivity contribution in [2.24, 2.45) is 0 Å². The van der Waals surface area contributed by atoms with Gasteiger partial charge in [-0.25, -0.2) is 0 Å². The molecule has 4 rings (SSSR count). The fourth-order valence-corrected chi connectivity index (χ4v) is 4.24. The maximum atomic E-state index is 5.79. The Bertz CT molecular complexity index is 1190. The number of nitrogens with one attached hydrogen (secondary N) is 1. The Morgan fingerprint density at radius 3 is 2.48 bits per heavy atom. The first-order valence-corrected chi connectivity index (χ1v) is 11.2. The smallest absolute Gasteiger partial charge is 0.258 e. The van der Waals surface area contributed by atoms with Crippen LogP contribution in [0.15, 0.2) is 52.7 Å². The van der Waals surface area contributed by atoms with E-state index in [1.807, 2.05) is 36.1 Å². The van der Waals surface area contributed by atoms with Gasteiger partial charge in [0.1, 0.15) is 5.75 Å². The lowest BCUT2D eigenvalue weighted by atomic mass is 9.92. The molecule has 0 saturated carbocycles. The molecule has 2 aromatic carbocycles. The minimum atomic E-state index is -0.209. The molecule has 7 nitrogen and oxygen atoms in total. The highest BCUT2D eigenvalue weighted by Crippen LogP contribution is 2.38. The molecule has 0 radical (unpaired) electrons. The van der Waals surface area contributed by atoms with Crippen molar-refractivity contribution in [2.75, 3.05) is 27.4 Å². The van der Waals surface area contributed by atoms with Crippen LogP contribution in [-0.2, 0) is 4.74 Å². The Kier molecular flexibility index (Phi) is 6.76. The zero-order chi connectivity index (χ0) is 23.5. The molecule has 0 saturated heterocycles. The topological polar surface area (TPSA) is 72.7 Å². The van der Waals surface area contributed by atoms with E-state index in [0.29, 0.717) is 30.0 Å². The molecule has 2 heterocycles. The first kappa shape index (κ1) is 22.9. The number of hydrogen-bond donors (Lipinski definition) is 1. The molecule has 8 heteroatoms. The summed E-state index contributed by atoms with van der Waals surface area (Å²) < 4.78 is 16.3. The van der Waals surface area contributed by atoms with Crippen LogP contribution in [0, 0.1) is 13.8 Å². The number of aromatic nitrogens is 2. The van der Waals surface area contributed by atoms with Crippen molar-refractivity contribution in [2.45, 2.75) is 26.8 Å². The van der Waals surface area contributed by atoms with Crippen molar-refractivity contribution in [3.63, 3.8) is 0 Å². The molecule has 0 spiro atoms. The Hall–Kier alpha value is -3.23. The van der Waals surface area contributed by atoms with Gasteiger partial charge in [0, 0.05) is 24.9 Å². The van der Waals surface area contributed by atoms with Gasteiger partial charge in [0.2, 0.25) is 5.82 Å². The number of hydrogen-bond acceptors (Lipinski definition) is 6. The number of thiocarbonyl (C=S) groups is 1. The molecule has 172 valence electrons. The fourth-order valence-electron chi connectivity index (χ4n) is 3.89. The minimum Gasteiger partial charge on any atom is -0.497 e. The largest absolute Gasteiger partial charge is 0.497 e. The summed E-state index contributed by atoms with van der Waals surface area (Å²) in [5.74, 6) is 1.75. The Balaban J connectivity index is 1.78. The molecule has 3 aromatic rings. The third kappa shape index (κ3) is 4.62. The van der Waals surface area contributed by atoms with Crippen molar-refractivity contribution in [1.82, 2.24) is 20.4 Å². The second-order valence-corrected chi connectivity index (χ2v) is 8.41. The van der Waals surface area contributed by atoms with E-state index in [1.54, 1.807) is 14.2 Å². The van der Waals surface area contributed by atoms with E-state index in [-0.39, 0.29) is 6.04 Å². The van der Waals surface area contributed by atoms with Gasteiger partial charge in [0.15, 0.2) is 5.11 Å². The quantitative estimate of drug-likeness (QED) is 0.506. The van der Waals surface area contributed by atoms with Crippen LogP contribution in [0.5, 0.6) is 5.75 Å². The average Bonchev–Trinajstić information content (AvgIpc) is 3.30. The lowest BCUT2D eigenvalue weighted by Gasteiger charge is -2.37. The highest BCUT2D eigenvalue weighted by atomic mass is 32.1. The predicted octanol–water partition coefficient (Wildman–Crippen LogP) is 4.67. The highest BCUT2D eigenvalue weighted by molar-refractivity contribution is 7.80. The monoisotopic (exact) mass is 464 g/mol. The molecule has 1 atom stereocenters. The molecular formula is C25H28N4O3S. The molecule has 1 aromatic heterocycles. The summed E-state index contributed by atoms with van der Waals surface area (Å²) in [5.41, 5.74) is 6.25. The van der Waals surface area contributed by atoms with Crippen molar-refractivity contribution in [3.05, 3.63) is 70.7 Å². The van der Waals surface area contributed by atoms with Gasteiger partial charge in [0.05, 0.1) is 25.3 Å². The minimum absolute atomic E-state index is 0.209. The Morgan fingerprint density at radius 2 is 1.82 bits per heavy atom. The van der Waals surface area contributed by atoms with Gasteiger partial charge < -0.3 is 24.2 Å². The summed E-state index contributed by atoms with van der Waals surface area (Å²) in [6, 6.07) is 13.8. The maximum Gasteiger partial charge on any atom is 0.258 e. The van der Waals surface area contributed by atoms with E-state index in [4.69, 9.17) is 31.2 Å². The summed E-state index contributed by atoms with van der Waals surface area (Å²) in [6.45, 7) is 7.41. The molecule has 0 aliphatic carbocycles. The molecule has 1 aliphatic rings. The molecule has 1 aliphatic heterocycles. The van der Waals surface area contributed by atoms with Crippen LogP contribution >= 0.6 is 12.2 Å². The van der Waals surface area contributed by atoms with Gasteiger partial charge >= 0.3 is 0 Å². The van der Waals surface area contributed by atoms with E-state index in [9.17, 15) is 0 Å². The molecule has 0 amide bonds. The van der Waals surface area contributed by atoms with Crippen LogP contribution in [-0.4, -0.2) is 47.5 Å². The number of nitrogens with zero attached hydrogens (tertiary/aromatic N) is 3. The van der Waals surface area contributed by atoms with Gasteiger partial charge in [-0.2, -0.15) is 4.98 Å². The van der Waals surface area contributed by atoms with Crippen molar-refractivity contribution < 1.29 is 14.0 Å². The molecule has 1 unspecified atom stereocenters. The van der Waals surface area contributed by atoms with Crippen molar-refractivity contribution >= 4 is 22.9 Å². The van der Waals surface area contributed by atoms with Crippen LogP contribution in [0.3, 0.4) is 0 Å². The predicted molar refractivity (Wildman–Crippen MR) is 132 cm³/mol. The van der Waals surface area contributed by atoms with Crippen molar-refractivity contribution in [1.29, 1.82) is 0 Å². The third-order valence-electron chi connectivity index (χ3n) is 5.98. The standard InChI is InChI=1S/C25H28N4O3S/c1-15-6-7-19(14-16(15)2)22-21(17(3)29(12-13-30-4)25(33)26-22)24-27-23(28-32-24)18-8-10-20(31-5)11-9-18/h6-11,14,22H,12-13H2,1-5H3,(H,26,33). The summed E-state index contributed by atoms with van der Waals surface area (Å²) >= 11 is 5.71. The van der Waals surface area contributed by atoms with Gasteiger partial charge in [-0.1, -0.05) is 23.4 Å². The van der Waals surface area contributed by atoms with Gasteiger partial charge in [-0.05, 0) is 73.9 Å². The molecule has 33 heavy (non-hydrogen) atoms. The average molecular weight is 465 g/mol. The summed E-state index contributed by atoms with van der Waals surface area (Å²) in [4.78, 5) is 6.76. The van der Waals surface area contributed by atoms with Gasteiger partial charge in [-0.15, -0.1) is 0 Å². The second-order valence-electron chi connectivity index (χ2n) is 8.02. The maximum absolute atomic E-state index is 5.79. The van der Waals surface area contributed by atoms with E-state index in [2.05, 4.69) is 42.5 Å². The number of allylic oxidation sites excluding steroid dienone is 1. The zero-order valence-corrected chi connectivity index (χ0v) is 20.3. The molecule has 0 fully saturated rings. The fraction of sp³-hybridized carbons (Fsp3) is 0.320. The normalized spacial score (nSPS) is 16.2. The van der Waals surface area contributed by atoms with E-state index in [1.165, 1.54) is 11.1 Å². The van der Waals surface area contributed by atoms with Gasteiger partial charge in [-0.3, -0.25) is 0 Å². The molecule has 0 bridgehead atoms. The van der Waals surface area contributed by atoms with Crippen LogP contribution < -0.4 is 10.1 Å². The van der Waals surface area contributed by atoms with Crippen molar-refractivity contribution in [3.8, 4) is 17.1 Å². The number of methoxy groups -OCH3 is 2. The lowest BCUT2D eigenvalue weighted by molar-refractivity contribution is 0.183. The first-order valence-electron chi connectivity index (χ1n) is 10.8. The van der Waals surface area contributed by atoms with Crippen LogP contribution in [0.2, 0.25) is 0 Å². The number of benzene rings is 2. The third-order valence-corrected chi connectivity index (χ3v) is 6.32. The van der Waals surface area contributed by atoms with E-state index >= 15 is 0 Å². The number of ether oxygens (including phenoxy) is 2. The second kappa shape index (κ2) is 9.72. The summed E-state index contributed by atoms with van der Waals surface area (Å²) in [6.07, 6.45) is 0. The van der Waals surface area contributed by atoms with Gasteiger partial charge in [0.25, 0.3) is 5.89 Å². The Morgan fingerprint density at radius 1 is 1.06 bits per heavy atom. The SMILES string of the molecule is COCCN1C(=S)NC(c2ccc(C)c(C)c2)C(c2nc(-c3ccc(OC)cc3)no2)=C1C. The van der Waals surface area contributed by atoms with Crippen LogP contribution in [0.4, 0.5) is 0 Å². The van der Waals surface area contributed by atoms with E-state index in [0.717, 1.165) is 28.1 Å². The lowest BCUT2D eigenvalue weighted by Crippen LogP contribution is -2.47. The summed E-state index contributed by atoms with van der Waals surface area (Å²) in [7, 11) is 3.32. The van der Waals surface area contributed by atoms with Crippen LogP contribution in [0.1, 0.15) is 35.5 Å². The van der Waals surface area contributed by atoms with Crippen LogP contribution in [0.25, 0.3) is 17.0 Å². The Labute approximate surface area is 199 Å². The molecular weight excluding hydrogens is 436 g/mol.